The fourth-order valence-electron chi connectivity index (χ4n) is 2.03. The van der Waals surface area contributed by atoms with Crippen molar-refractivity contribution in [3.63, 3.8) is 0 Å². The number of benzene rings is 1. The van der Waals surface area contributed by atoms with Crippen LogP contribution in [0.25, 0.3) is 6.08 Å². The first-order valence-electron chi connectivity index (χ1n) is 9.24. The average molecular weight is 439 g/mol. The molecule has 0 bridgehead atoms. The number of para-hydroxylation sites is 1. The summed E-state index contributed by atoms with van der Waals surface area (Å²) in [5.41, 5.74) is -0.0951. The molecule has 1 aromatic carbocycles. The normalized spacial score (nSPS) is 8.79. The van der Waals surface area contributed by atoms with E-state index in [1.807, 2.05) is 0 Å². The molecule has 1 aromatic rings. The second-order valence-electron chi connectivity index (χ2n) is 5.65. The number of carbonyl (C=O) groups excluding carboxylic acids is 2. The van der Waals surface area contributed by atoms with Crippen molar-refractivity contribution in [1.29, 1.82) is 0 Å². The molecule has 0 unspecified atom stereocenters. The van der Waals surface area contributed by atoms with Crippen LogP contribution < -0.4 is 0 Å². The summed E-state index contributed by atoms with van der Waals surface area (Å²) in [6, 6.07) is 5.80. The summed E-state index contributed by atoms with van der Waals surface area (Å²) in [6.07, 6.45) is 11.0. The van der Waals surface area contributed by atoms with Gasteiger partial charge in [0.2, 0.25) is 0 Å². The van der Waals surface area contributed by atoms with Gasteiger partial charge in [-0.2, -0.15) is 37.2 Å². The van der Waals surface area contributed by atoms with Crippen molar-refractivity contribution in [2.75, 3.05) is 0 Å². The van der Waals surface area contributed by atoms with E-state index in [1.165, 1.54) is 49.3 Å². The van der Waals surface area contributed by atoms with Crippen LogP contribution in [0.5, 0.6) is 0 Å². The van der Waals surface area contributed by atoms with Gasteiger partial charge in [0.1, 0.15) is 12.2 Å². The van der Waals surface area contributed by atoms with Gasteiger partial charge in [0.15, 0.2) is 0 Å². The zero-order valence-corrected chi connectivity index (χ0v) is 17.4. The van der Waals surface area contributed by atoms with Crippen LogP contribution in [0.4, 0.5) is 5.69 Å². The van der Waals surface area contributed by atoms with Crippen molar-refractivity contribution >= 4 is 23.7 Å². The van der Waals surface area contributed by atoms with E-state index in [0.717, 1.165) is 0 Å². The molecule has 0 aliphatic rings. The lowest BCUT2D eigenvalue weighted by Crippen LogP contribution is -2.08. The zero-order valence-electron chi connectivity index (χ0n) is 17.4. The van der Waals surface area contributed by atoms with E-state index in [9.17, 15) is 19.7 Å². The third kappa shape index (κ3) is 10.9. The molecule has 7 heteroatoms. The number of esters is 2. The van der Waals surface area contributed by atoms with Crippen molar-refractivity contribution < 1.29 is 24.0 Å². The van der Waals surface area contributed by atoms with E-state index in [0.29, 0.717) is 0 Å². The molecule has 1 rings (SSSR count). The molecule has 0 aromatic heterocycles. The maximum atomic E-state index is 12.4. The fourth-order valence-corrected chi connectivity index (χ4v) is 2.03. The van der Waals surface area contributed by atoms with Crippen molar-refractivity contribution in [3.05, 3.63) is 83.7 Å². The Bertz CT molecular complexity index is 1190. The largest absolute Gasteiger partial charge is 0.372 e. The maximum absolute atomic E-state index is 12.4. The summed E-state index contributed by atoms with van der Waals surface area (Å²) < 4.78 is 9.55. The van der Waals surface area contributed by atoms with Gasteiger partial charge in [-0.15, -0.1) is 12.8 Å². The molecule has 0 saturated heterocycles. The minimum Gasteiger partial charge on any atom is -0.372 e. The summed E-state index contributed by atoms with van der Waals surface area (Å²) in [6.45, 7) is 6.90. The number of nitrogens with zero attached hydrogens (tertiary/aromatic N) is 1. The average Bonchev–Trinajstić information content (AvgIpc) is 2.81. The summed E-state index contributed by atoms with van der Waals surface area (Å²) in [5.74, 6) is 12.9. The molecular weight excluding hydrogens is 422 g/mol. The molecular formula is C26H17NO6-2. The molecule has 0 aliphatic heterocycles. The molecule has 0 radical (unpaired) electrons. The molecule has 164 valence electrons. The molecule has 0 aliphatic carbocycles. The Labute approximate surface area is 192 Å². The second kappa shape index (κ2) is 15.6. The lowest BCUT2D eigenvalue weighted by Gasteiger charge is -2.04. The van der Waals surface area contributed by atoms with Crippen LogP contribution in [0.3, 0.4) is 0 Å². The van der Waals surface area contributed by atoms with Crippen molar-refractivity contribution in [2.24, 2.45) is 0 Å². The van der Waals surface area contributed by atoms with Gasteiger partial charge in [-0.05, 0) is 18.6 Å². The smallest absolute Gasteiger partial charge is 0.347 e. The minimum absolute atomic E-state index is 0.0329. The lowest BCUT2D eigenvalue weighted by atomic mass is 10.0. The van der Waals surface area contributed by atoms with Gasteiger partial charge >= 0.3 is 11.9 Å². The summed E-state index contributed by atoms with van der Waals surface area (Å²) >= 11 is 0. The monoisotopic (exact) mass is 439 g/mol. The summed E-state index contributed by atoms with van der Waals surface area (Å²) in [5, 5.41) is 11.3. The highest BCUT2D eigenvalue weighted by Gasteiger charge is 2.17. The molecule has 33 heavy (non-hydrogen) atoms. The Morgan fingerprint density at radius 3 is 2.18 bits per heavy atom. The topological polar surface area (TPSA) is 95.7 Å². The number of nitro benzene ring substituents is 1. The van der Waals surface area contributed by atoms with E-state index in [4.69, 9.17) is 9.47 Å². The maximum Gasteiger partial charge on any atom is 0.347 e. The molecule has 0 atom stereocenters. The van der Waals surface area contributed by atoms with Crippen LogP contribution in [0.2, 0.25) is 0 Å². The number of ether oxygens (including phenoxy) is 2. The summed E-state index contributed by atoms with van der Waals surface area (Å²) in [7, 11) is 0. The van der Waals surface area contributed by atoms with Crippen LogP contribution in [0.15, 0.2) is 55.1 Å². The SMILES string of the molecule is C=C[CH-]C#CC#COC(=O)CC/C(=C/c1ccccc1[N+](=O)[O-])C(=O)OC#CC#C[CH-]C=C. The van der Waals surface area contributed by atoms with Crippen LogP contribution in [-0.2, 0) is 19.1 Å². The molecule has 0 amide bonds. The van der Waals surface area contributed by atoms with E-state index >= 15 is 0 Å². The molecule has 0 spiro atoms. The van der Waals surface area contributed by atoms with Gasteiger partial charge in [-0.1, -0.05) is 24.0 Å². The predicted octanol–water partition coefficient (Wildman–Crippen LogP) is 3.55. The predicted molar refractivity (Wildman–Crippen MR) is 123 cm³/mol. The first-order chi connectivity index (χ1) is 16.0. The number of hydrogen-bond donors (Lipinski definition) is 0. The molecule has 0 heterocycles. The standard InChI is InChI=1S/C26H17NO6/c1-3-5-7-9-13-19-32-25(28)18-17-23(26(29)33-20-14-10-8-6-4-2)21-22-15-11-12-16-24(22)27(30)31/h3-6,11-12,15-16,21H,1-2,17-18H2/q-2/b23-21-. The first kappa shape index (κ1) is 25.8. The Hall–Kier alpha value is -5.24. The van der Waals surface area contributed by atoms with Crippen LogP contribution >= 0.6 is 0 Å². The molecule has 7 nitrogen and oxygen atoms in total. The van der Waals surface area contributed by atoms with E-state index < -0.39 is 16.9 Å². The van der Waals surface area contributed by atoms with Crippen LogP contribution in [-0.4, -0.2) is 16.9 Å². The number of rotatable bonds is 8. The molecule has 0 fully saturated rings. The van der Waals surface area contributed by atoms with Gasteiger partial charge in [0, 0.05) is 11.6 Å². The Morgan fingerprint density at radius 2 is 1.58 bits per heavy atom. The highest BCUT2D eigenvalue weighted by atomic mass is 16.6. The van der Waals surface area contributed by atoms with Crippen LogP contribution in [0.1, 0.15) is 18.4 Å². The highest BCUT2D eigenvalue weighted by Crippen LogP contribution is 2.22. The third-order valence-corrected chi connectivity index (χ3v) is 3.41. The van der Waals surface area contributed by atoms with Crippen molar-refractivity contribution in [3.8, 4) is 47.7 Å². The first-order valence-corrected chi connectivity index (χ1v) is 9.24. The lowest BCUT2D eigenvalue weighted by molar-refractivity contribution is -0.385. The van der Waals surface area contributed by atoms with Gasteiger partial charge in [0.25, 0.3) is 5.69 Å². The van der Waals surface area contributed by atoms with Crippen molar-refractivity contribution in [2.45, 2.75) is 12.8 Å². The quantitative estimate of drug-likeness (QED) is 0.154. The van der Waals surface area contributed by atoms with E-state index in [-0.39, 0.29) is 29.7 Å². The summed E-state index contributed by atoms with van der Waals surface area (Å²) in [4.78, 5) is 35.0. The zero-order chi connectivity index (χ0) is 24.3. The third-order valence-electron chi connectivity index (χ3n) is 3.41. The Balaban J connectivity index is 3.00. The second-order valence-corrected chi connectivity index (χ2v) is 5.65. The Kier molecular flexibility index (Phi) is 12.2. The number of nitro groups is 1. The Morgan fingerprint density at radius 1 is 0.970 bits per heavy atom. The highest BCUT2D eigenvalue weighted by molar-refractivity contribution is 5.95. The number of carbonyl (C=O) groups is 2. The van der Waals surface area contributed by atoms with Crippen molar-refractivity contribution in [1.82, 2.24) is 0 Å². The van der Waals surface area contributed by atoms with Gasteiger partial charge < -0.3 is 9.47 Å². The van der Waals surface area contributed by atoms with Crippen LogP contribution in [0, 0.1) is 70.7 Å². The fraction of sp³-hybridized carbons (Fsp3) is 0.0769. The minimum atomic E-state index is -0.889. The number of allylic oxidation sites excluding steroid dienone is 2. The number of hydrogen-bond acceptors (Lipinski definition) is 6. The molecule has 0 saturated carbocycles. The molecule has 0 N–H and O–H groups in total. The van der Waals surface area contributed by atoms with Gasteiger partial charge in [0.05, 0.1) is 16.9 Å². The van der Waals surface area contributed by atoms with E-state index in [2.05, 4.69) is 60.9 Å². The van der Waals surface area contributed by atoms with Gasteiger partial charge in [-0.25, -0.2) is 16.6 Å². The van der Waals surface area contributed by atoms with E-state index in [1.54, 1.807) is 6.07 Å². The van der Waals surface area contributed by atoms with Gasteiger partial charge in [-0.3, -0.25) is 14.9 Å².